The van der Waals surface area contributed by atoms with Crippen LogP contribution in [0.5, 0.6) is 0 Å². The fourth-order valence-electron chi connectivity index (χ4n) is 2.21. The molecule has 0 spiro atoms. The van der Waals surface area contributed by atoms with Crippen LogP contribution in [-0.2, 0) is 6.42 Å². The van der Waals surface area contributed by atoms with Gasteiger partial charge in [-0.1, -0.05) is 31.9 Å². The summed E-state index contributed by atoms with van der Waals surface area (Å²) >= 11 is 0. The van der Waals surface area contributed by atoms with Crippen molar-refractivity contribution in [3.8, 4) is 0 Å². The molecular formula is C14H19N. The van der Waals surface area contributed by atoms with Gasteiger partial charge in [0.15, 0.2) is 0 Å². The Morgan fingerprint density at radius 3 is 2.87 bits per heavy atom. The third-order valence-electron chi connectivity index (χ3n) is 3.05. The summed E-state index contributed by atoms with van der Waals surface area (Å²) in [5.74, 6) is 0. The van der Waals surface area contributed by atoms with E-state index in [-0.39, 0.29) is 0 Å². The molecule has 0 radical (unpaired) electrons. The van der Waals surface area contributed by atoms with Crippen LogP contribution in [0.15, 0.2) is 24.4 Å². The van der Waals surface area contributed by atoms with E-state index in [1.54, 1.807) is 0 Å². The normalized spacial score (nSPS) is 11.1. The van der Waals surface area contributed by atoms with Gasteiger partial charge in [0.1, 0.15) is 0 Å². The average molecular weight is 201 g/mol. The van der Waals surface area contributed by atoms with Crippen LogP contribution in [-0.4, -0.2) is 4.98 Å². The second-order valence-electron chi connectivity index (χ2n) is 4.27. The first-order chi connectivity index (χ1) is 7.33. The lowest BCUT2D eigenvalue weighted by atomic mass is 10.0. The lowest BCUT2D eigenvalue weighted by molar-refractivity contribution is 0.719. The van der Waals surface area contributed by atoms with E-state index in [9.17, 15) is 0 Å². The zero-order valence-corrected chi connectivity index (χ0v) is 9.64. The summed E-state index contributed by atoms with van der Waals surface area (Å²) < 4.78 is 0. The highest BCUT2D eigenvalue weighted by atomic mass is 14.7. The highest BCUT2D eigenvalue weighted by molar-refractivity contribution is 5.86. The third-order valence-corrected chi connectivity index (χ3v) is 3.05. The van der Waals surface area contributed by atoms with Gasteiger partial charge in [0, 0.05) is 17.1 Å². The summed E-state index contributed by atoms with van der Waals surface area (Å²) in [5, 5.41) is 1.44. The molecule has 0 atom stereocenters. The molecule has 1 N–H and O–H groups in total. The maximum Gasteiger partial charge on any atom is 0.0459 e. The molecule has 0 fully saturated rings. The fourth-order valence-corrected chi connectivity index (χ4v) is 2.21. The Morgan fingerprint density at radius 1 is 1.20 bits per heavy atom. The Hall–Kier alpha value is -1.24. The van der Waals surface area contributed by atoms with E-state index in [0.717, 1.165) is 0 Å². The first-order valence-corrected chi connectivity index (χ1v) is 5.88. The van der Waals surface area contributed by atoms with Gasteiger partial charge >= 0.3 is 0 Å². The molecule has 15 heavy (non-hydrogen) atoms. The lowest BCUT2D eigenvalue weighted by Crippen LogP contribution is -1.85. The Balaban J connectivity index is 2.27. The minimum absolute atomic E-state index is 1.21. The first kappa shape index (κ1) is 10.3. The molecule has 2 aromatic rings. The second-order valence-corrected chi connectivity index (χ2v) is 4.27. The fraction of sp³-hybridized carbons (Fsp3) is 0.429. The van der Waals surface area contributed by atoms with Crippen molar-refractivity contribution in [3.05, 3.63) is 35.5 Å². The number of aromatic amines is 1. The maximum absolute atomic E-state index is 3.36. The molecule has 1 aromatic heterocycles. The van der Waals surface area contributed by atoms with E-state index in [1.807, 2.05) is 0 Å². The summed E-state index contributed by atoms with van der Waals surface area (Å²) in [7, 11) is 0. The Labute approximate surface area is 91.5 Å². The highest BCUT2D eigenvalue weighted by Gasteiger charge is 2.04. The average Bonchev–Trinajstić information content (AvgIpc) is 2.63. The van der Waals surface area contributed by atoms with Crippen LogP contribution < -0.4 is 0 Å². The van der Waals surface area contributed by atoms with E-state index in [4.69, 9.17) is 0 Å². The zero-order valence-electron chi connectivity index (χ0n) is 9.64. The molecule has 0 amide bonds. The van der Waals surface area contributed by atoms with Crippen LogP contribution >= 0.6 is 0 Å². The Morgan fingerprint density at radius 2 is 2.07 bits per heavy atom. The van der Waals surface area contributed by atoms with Gasteiger partial charge in [0.05, 0.1) is 0 Å². The van der Waals surface area contributed by atoms with Gasteiger partial charge in [0.2, 0.25) is 0 Å². The van der Waals surface area contributed by atoms with Gasteiger partial charge in [-0.3, -0.25) is 0 Å². The number of aromatic nitrogens is 1. The van der Waals surface area contributed by atoms with Gasteiger partial charge in [-0.25, -0.2) is 0 Å². The number of nitrogens with one attached hydrogen (secondary N) is 1. The number of H-pyrrole nitrogens is 1. The van der Waals surface area contributed by atoms with E-state index in [2.05, 4.69) is 43.2 Å². The van der Waals surface area contributed by atoms with Crippen molar-refractivity contribution in [2.75, 3.05) is 0 Å². The molecule has 1 heteroatoms. The predicted octanol–water partition coefficient (Wildman–Crippen LogP) is 4.21. The largest absolute Gasteiger partial charge is 0.361 e. The van der Waals surface area contributed by atoms with Crippen molar-refractivity contribution in [1.82, 2.24) is 4.98 Å². The second kappa shape index (κ2) is 4.52. The summed E-state index contributed by atoms with van der Waals surface area (Å²) in [4.78, 5) is 3.36. The van der Waals surface area contributed by atoms with Crippen molar-refractivity contribution < 1.29 is 0 Å². The lowest BCUT2D eigenvalue weighted by Gasteiger charge is -2.01. The number of fused-ring (bicyclic) bond motifs is 1. The minimum atomic E-state index is 1.21. The highest BCUT2D eigenvalue weighted by Crippen LogP contribution is 2.23. The number of aryl methyl sites for hydroxylation is 2. The summed E-state index contributed by atoms with van der Waals surface area (Å²) in [5.41, 5.74) is 4.15. The van der Waals surface area contributed by atoms with Crippen molar-refractivity contribution >= 4 is 10.9 Å². The van der Waals surface area contributed by atoms with Gasteiger partial charge in [0.25, 0.3) is 0 Å². The number of unbranched alkanes of at least 4 members (excludes halogenated alkanes) is 2. The number of hydrogen-bond donors (Lipinski definition) is 1. The quantitative estimate of drug-likeness (QED) is 0.713. The van der Waals surface area contributed by atoms with Gasteiger partial charge in [-0.15, -0.1) is 0 Å². The molecule has 1 nitrogen and oxygen atoms in total. The van der Waals surface area contributed by atoms with Crippen molar-refractivity contribution in [1.29, 1.82) is 0 Å². The SMILES string of the molecule is CCCCCc1c[nH]c2cccc(C)c12. The molecule has 0 bridgehead atoms. The van der Waals surface area contributed by atoms with E-state index in [1.165, 1.54) is 47.7 Å². The predicted molar refractivity (Wildman–Crippen MR) is 66.3 cm³/mol. The van der Waals surface area contributed by atoms with Crippen LogP contribution in [0.2, 0.25) is 0 Å². The summed E-state index contributed by atoms with van der Waals surface area (Å²) in [6.07, 6.45) is 7.31. The molecule has 0 saturated carbocycles. The molecular weight excluding hydrogens is 182 g/mol. The molecule has 0 unspecified atom stereocenters. The third kappa shape index (κ3) is 2.06. The molecule has 1 aromatic carbocycles. The van der Waals surface area contributed by atoms with E-state index in [0.29, 0.717) is 0 Å². The number of rotatable bonds is 4. The standard InChI is InChI=1S/C14H19N/c1-3-4-5-8-12-10-15-13-9-6-7-11(2)14(12)13/h6-7,9-10,15H,3-5,8H2,1-2H3. The minimum Gasteiger partial charge on any atom is -0.361 e. The number of hydrogen-bond acceptors (Lipinski definition) is 0. The number of benzene rings is 1. The van der Waals surface area contributed by atoms with Crippen LogP contribution in [0.25, 0.3) is 10.9 Å². The molecule has 2 rings (SSSR count). The Kier molecular flexibility index (Phi) is 3.10. The molecule has 0 aliphatic heterocycles. The van der Waals surface area contributed by atoms with Crippen LogP contribution in [0.3, 0.4) is 0 Å². The molecule has 1 heterocycles. The smallest absolute Gasteiger partial charge is 0.0459 e. The zero-order chi connectivity index (χ0) is 10.7. The molecule has 80 valence electrons. The van der Waals surface area contributed by atoms with Crippen molar-refractivity contribution in [3.63, 3.8) is 0 Å². The maximum atomic E-state index is 3.36. The molecule has 0 aliphatic carbocycles. The summed E-state index contributed by atoms with van der Waals surface area (Å²) in [6, 6.07) is 6.47. The molecule has 0 aliphatic rings. The van der Waals surface area contributed by atoms with E-state index < -0.39 is 0 Å². The van der Waals surface area contributed by atoms with Gasteiger partial charge in [-0.05, 0) is 37.0 Å². The van der Waals surface area contributed by atoms with Crippen LogP contribution in [0.4, 0.5) is 0 Å². The van der Waals surface area contributed by atoms with Gasteiger partial charge in [-0.2, -0.15) is 0 Å². The van der Waals surface area contributed by atoms with Crippen LogP contribution in [0.1, 0.15) is 37.3 Å². The van der Waals surface area contributed by atoms with Crippen LogP contribution in [0, 0.1) is 6.92 Å². The Bertz CT molecular complexity index is 440. The monoisotopic (exact) mass is 201 g/mol. The van der Waals surface area contributed by atoms with Gasteiger partial charge < -0.3 is 4.98 Å². The summed E-state index contributed by atoms with van der Waals surface area (Å²) in [6.45, 7) is 4.44. The van der Waals surface area contributed by atoms with E-state index >= 15 is 0 Å². The molecule has 0 saturated heterocycles. The van der Waals surface area contributed by atoms with Crippen molar-refractivity contribution in [2.45, 2.75) is 39.5 Å². The first-order valence-electron chi connectivity index (χ1n) is 5.88. The topological polar surface area (TPSA) is 15.8 Å². The van der Waals surface area contributed by atoms with Crippen molar-refractivity contribution in [2.24, 2.45) is 0 Å².